The molecule has 0 fully saturated rings. The van der Waals surface area contributed by atoms with E-state index < -0.39 is 0 Å². The van der Waals surface area contributed by atoms with E-state index in [9.17, 15) is 0 Å². The van der Waals surface area contributed by atoms with Crippen molar-refractivity contribution in [3.05, 3.63) is 36.4 Å². The molecule has 0 unspecified atom stereocenters. The number of nitrogens with two attached hydrogens (primary N) is 1. The Hall–Kier alpha value is -2.69. The van der Waals surface area contributed by atoms with Gasteiger partial charge in [0.05, 0.1) is 19.8 Å². The van der Waals surface area contributed by atoms with Gasteiger partial charge >= 0.3 is 0 Å². The van der Waals surface area contributed by atoms with Crippen LogP contribution in [0.5, 0.6) is 11.5 Å². The lowest BCUT2D eigenvalue weighted by molar-refractivity contribution is 0.415. The zero-order chi connectivity index (χ0) is 14.1. The predicted octanol–water partition coefficient (Wildman–Crippen LogP) is 3.09. The number of oxazole rings is 1. The van der Waals surface area contributed by atoms with E-state index >= 15 is 0 Å². The first-order valence-corrected chi connectivity index (χ1v) is 6.09. The lowest BCUT2D eigenvalue weighted by Gasteiger charge is -2.04. The first-order valence-electron chi connectivity index (χ1n) is 6.09. The number of aromatic nitrogens is 1. The third kappa shape index (κ3) is 2.03. The van der Waals surface area contributed by atoms with Gasteiger partial charge in [0.15, 0.2) is 5.58 Å². The molecule has 2 N–H and O–H groups in total. The summed E-state index contributed by atoms with van der Waals surface area (Å²) in [6.45, 7) is 0. The standard InChI is InChI=1S/C15H14N2O3/c1-18-9-3-5-11(12(16)7-9)15-17-13-8-10(19-2)4-6-14(13)20-15/h3-8H,16H2,1-2H3. The van der Waals surface area contributed by atoms with Gasteiger partial charge in [0.25, 0.3) is 0 Å². The minimum absolute atomic E-state index is 0.480. The molecule has 3 rings (SSSR count). The van der Waals surface area contributed by atoms with Gasteiger partial charge in [0, 0.05) is 17.8 Å². The highest BCUT2D eigenvalue weighted by Gasteiger charge is 2.12. The van der Waals surface area contributed by atoms with Gasteiger partial charge in [0.2, 0.25) is 5.89 Å². The van der Waals surface area contributed by atoms with Crippen molar-refractivity contribution in [1.29, 1.82) is 0 Å². The molecule has 0 amide bonds. The summed E-state index contributed by atoms with van der Waals surface area (Å²) in [5, 5.41) is 0. The number of anilines is 1. The number of benzene rings is 2. The summed E-state index contributed by atoms with van der Waals surface area (Å²) < 4.78 is 16.0. The zero-order valence-corrected chi connectivity index (χ0v) is 11.2. The molecule has 20 heavy (non-hydrogen) atoms. The average Bonchev–Trinajstić information content (AvgIpc) is 2.89. The van der Waals surface area contributed by atoms with Crippen LogP contribution in [0.4, 0.5) is 5.69 Å². The van der Waals surface area contributed by atoms with Crippen molar-refractivity contribution in [2.45, 2.75) is 0 Å². The summed E-state index contributed by atoms with van der Waals surface area (Å²) in [7, 11) is 3.21. The highest BCUT2D eigenvalue weighted by molar-refractivity contribution is 5.81. The Bertz CT molecular complexity index is 765. The van der Waals surface area contributed by atoms with Crippen LogP contribution >= 0.6 is 0 Å². The van der Waals surface area contributed by atoms with E-state index in [-0.39, 0.29) is 0 Å². The topological polar surface area (TPSA) is 70.5 Å². The molecule has 0 saturated carbocycles. The number of nitrogen functional groups attached to an aromatic ring is 1. The van der Waals surface area contributed by atoms with E-state index in [1.807, 2.05) is 30.3 Å². The molecule has 0 aliphatic heterocycles. The van der Waals surface area contributed by atoms with E-state index in [1.54, 1.807) is 20.3 Å². The summed E-state index contributed by atoms with van der Waals surface area (Å²) in [5.41, 5.74) is 8.72. The van der Waals surface area contributed by atoms with Gasteiger partial charge in [-0.05, 0) is 24.3 Å². The van der Waals surface area contributed by atoms with Crippen LogP contribution in [-0.2, 0) is 0 Å². The Labute approximate surface area is 115 Å². The fourth-order valence-corrected chi connectivity index (χ4v) is 2.01. The summed E-state index contributed by atoms with van der Waals surface area (Å²) in [5.74, 6) is 1.91. The van der Waals surface area contributed by atoms with Crippen molar-refractivity contribution in [1.82, 2.24) is 4.98 Å². The van der Waals surface area contributed by atoms with Gasteiger partial charge in [-0.15, -0.1) is 0 Å². The second-order valence-corrected chi connectivity index (χ2v) is 4.31. The van der Waals surface area contributed by atoms with Crippen molar-refractivity contribution in [3.8, 4) is 23.0 Å². The smallest absolute Gasteiger partial charge is 0.229 e. The lowest BCUT2D eigenvalue weighted by atomic mass is 10.1. The molecule has 0 saturated heterocycles. The normalized spacial score (nSPS) is 10.7. The third-order valence-corrected chi connectivity index (χ3v) is 3.08. The van der Waals surface area contributed by atoms with Crippen molar-refractivity contribution < 1.29 is 13.9 Å². The Morgan fingerprint density at radius 2 is 1.70 bits per heavy atom. The second-order valence-electron chi connectivity index (χ2n) is 4.31. The van der Waals surface area contributed by atoms with Gasteiger partial charge in [-0.25, -0.2) is 4.98 Å². The number of ether oxygens (including phenoxy) is 2. The summed E-state index contributed by atoms with van der Waals surface area (Å²) in [6.07, 6.45) is 0. The van der Waals surface area contributed by atoms with Crippen LogP contribution in [-0.4, -0.2) is 19.2 Å². The summed E-state index contributed by atoms with van der Waals surface area (Å²) in [6, 6.07) is 10.9. The number of nitrogens with zero attached hydrogens (tertiary/aromatic N) is 1. The fraction of sp³-hybridized carbons (Fsp3) is 0.133. The van der Waals surface area contributed by atoms with E-state index in [1.165, 1.54) is 0 Å². The van der Waals surface area contributed by atoms with Gasteiger partial charge in [-0.2, -0.15) is 0 Å². The molecule has 102 valence electrons. The van der Waals surface area contributed by atoms with E-state index in [0.717, 1.165) is 16.8 Å². The van der Waals surface area contributed by atoms with Crippen LogP contribution < -0.4 is 15.2 Å². The maximum Gasteiger partial charge on any atom is 0.229 e. The SMILES string of the molecule is COc1ccc(-c2nc3cc(OC)ccc3o2)c(N)c1. The highest BCUT2D eigenvalue weighted by atomic mass is 16.5. The van der Waals surface area contributed by atoms with Crippen molar-refractivity contribution in [3.63, 3.8) is 0 Å². The molecule has 1 heterocycles. The predicted molar refractivity (Wildman–Crippen MR) is 77.0 cm³/mol. The average molecular weight is 270 g/mol. The van der Waals surface area contributed by atoms with Crippen molar-refractivity contribution >= 4 is 16.8 Å². The zero-order valence-electron chi connectivity index (χ0n) is 11.2. The second kappa shape index (κ2) is 4.77. The molecule has 2 aromatic carbocycles. The van der Waals surface area contributed by atoms with Crippen LogP contribution in [0.15, 0.2) is 40.8 Å². The van der Waals surface area contributed by atoms with Crippen LogP contribution in [0.3, 0.4) is 0 Å². The largest absolute Gasteiger partial charge is 0.497 e. The summed E-state index contributed by atoms with van der Waals surface area (Å²) >= 11 is 0. The van der Waals surface area contributed by atoms with Gasteiger partial charge < -0.3 is 19.6 Å². The van der Waals surface area contributed by atoms with Crippen LogP contribution in [0, 0.1) is 0 Å². The first kappa shape index (κ1) is 12.3. The number of rotatable bonds is 3. The summed E-state index contributed by atoms with van der Waals surface area (Å²) in [4.78, 5) is 4.44. The van der Waals surface area contributed by atoms with Gasteiger partial charge in [-0.1, -0.05) is 0 Å². The Balaban J connectivity index is 2.10. The van der Waals surface area contributed by atoms with E-state index in [0.29, 0.717) is 22.9 Å². The third-order valence-electron chi connectivity index (χ3n) is 3.08. The van der Waals surface area contributed by atoms with E-state index in [4.69, 9.17) is 19.6 Å². The Morgan fingerprint density at radius 1 is 1.00 bits per heavy atom. The van der Waals surface area contributed by atoms with Crippen molar-refractivity contribution in [2.24, 2.45) is 0 Å². The molecule has 5 nitrogen and oxygen atoms in total. The molecular formula is C15H14N2O3. The van der Waals surface area contributed by atoms with Gasteiger partial charge in [-0.3, -0.25) is 0 Å². The molecule has 0 aliphatic rings. The maximum absolute atomic E-state index is 6.00. The number of methoxy groups -OCH3 is 2. The van der Waals surface area contributed by atoms with Crippen LogP contribution in [0.2, 0.25) is 0 Å². The van der Waals surface area contributed by atoms with Gasteiger partial charge in [0.1, 0.15) is 17.0 Å². The van der Waals surface area contributed by atoms with E-state index in [2.05, 4.69) is 4.98 Å². The molecule has 0 aliphatic carbocycles. The number of hydrogen-bond donors (Lipinski definition) is 1. The lowest BCUT2D eigenvalue weighted by Crippen LogP contribution is -1.92. The molecule has 0 spiro atoms. The molecule has 0 atom stereocenters. The fourth-order valence-electron chi connectivity index (χ4n) is 2.01. The quantitative estimate of drug-likeness (QED) is 0.740. The van der Waals surface area contributed by atoms with Crippen molar-refractivity contribution in [2.75, 3.05) is 20.0 Å². The first-order chi connectivity index (χ1) is 9.71. The molecule has 0 radical (unpaired) electrons. The molecule has 3 aromatic rings. The monoisotopic (exact) mass is 270 g/mol. The van der Waals surface area contributed by atoms with Crippen LogP contribution in [0.1, 0.15) is 0 Å². The van der Waals surface area contributed by atoms with Crippen LogP contribution in [0.25, 0.3) is 22.6 Å². The molecule has 0 bridgehead atoms. The minimum Gasteiger partial charge on any atom is -0.497 e. The Morgan fingerprint density at radius 3 is 2.40 bits per heavy atom. The molecule has 5 heteroatoms. The highest BCUT2D eigenvalue weighted by Crippen LogP contribution is 2.32. The number of fused-ring (bicyclic) bond motifs is 1. The molecule has 1 aromatic heterocycles. The number of hydrogen-bond acceptors (Lipinski definition) is 5. The maximum atomic E-state index is 6.00. The minimum atomic E-state index is 0.480. The Kier molecular flexibility index (Phi) is 2.95. The molecular weight excluding hydrogens is 256 g/mol.